The third-order valence-corrected chi connectivity index (χ3v) is 5.35. The van der Waals surface area contributed by atoms with Crippen molar-refractivity contribution in [3.63, 3.8) is 0 Å². The van der Waals surface area contributed by atoms with Gasteiger partial charge in [-0.3, -0.25) is 9.59 Å². The Balaban J connectivity index is 1.48. The molecule has 1 aliphatic carbocycles. The predicted molar refractivity (Wildman–Crippen MR) is 102 cm³/mol. The number of carbonyl (C=O) groups is 2. The van der Waals surface area contributed by atoms with Crippen LogP contribution in [0.3, 0.4) is 0 Å². The van der Waals surface area contributed by atoms with Gasteiger partial charge in [-0.2, -0.15) is 0 Å². The van der Waals surface area contributed by atoms with E-state index in [4.69, 9.17) is 10.5 Å². The van der Waals surface area contributed by atoms with Crippen LogP contribution in [0.25, 0.3) is 0 Å². The normalized spacial score (nSPS) is 23.1. The summed E-state index contributed by atoms with van der Waals surface area (Å²) in [6, 6.07) is 5.88. The van der Waals surface area contributed by atoms with Crippen LogP contribution in [0.1, 0.15) is 55.8 Å². The smallest absolute Gasteiger partial charge is 0.309 e. The molecule has 27 heavy (non-hydrogen) atoms. The second-order valence-electron chi connectivity index (χ2n) is 7.48. The van der Waals surface area contributed by atoms with E-state index in [9.17, 15) is 14.7 Å². The Morgan fingerprint density at radius 3 is 2.63 bits per heavy atom. The van der Waals surface area contributed by atoms with Crippen molar-refractivity contribution in [1.82, 2.24) is 10.6 Å². The molecule has 2 fully saturated rings. The Kier molecular flexibility index (Phi) is 6.68. The molecule has 2 aliphatic rings. The van der Waals surface area contributed by atoms with Crippen LogP contribution in [-0.2, 0) is 20.7 Å². The third-order valence-electron chi connectivity index (χ3n) is 5.35. The minimum Gasteiger partial charge on any atom is -0.398 e. The van der Waals surface area contributed by atoms with Gasteiger partial charge in [-0.25, -0.2) is 0 Å². The van der Waals surface area contributed by atoms with Gasteiger partial charge in [0.05, 0.1) is 18.8 Å². The highest BCUT2D eigenvalue weighted by Crippen LogP contribution is 2.32. The molecule has 0 unspecified atom stereocenters. The molecule has 1 aromatic rings. The number of nitrogens with one attached hydrogen (secondary N) is 2. The maximum Gasteiger partial charge on any atom is 0.309 e. The van der Waals surface area contributed by atoms with E-state index in [2.05, 4.69) is 10.6 Å². The number of ether oxygens (including phenoxy) is 1. The van der Waals surface area contributed by atoms with Crippen LogP contribution < -0.4 is 16.4 Å². The van der Waals surface area contributed by atoms with Crippen molar-refractivity contribution >= 4 is 17.5 Å². The first kappa shape index (κ1) is 19.6. The number of aliphatic hydroxyl groups excluding tert-OH is 1. The fourth-order valence-corrected chi connectivity index (χ4v) is 3.76. The van der Waals surface area contributed by atoms with Crippen LogP contribution in [0.5, 0.6) is 0 Å². The Hall–Kier alpha value is -2.12. The summed E-state index contributed by atoms with van der Waals surface area (Å²) in [6.07, 6.45) is 5.63. The molecule has 1 saturated carbocycles. The monoisotopic (exact) mass is 375 g/mol. The topological polar surface area (TPSA) is 114 Å². The van der Waals surface area contributed by atoms with Gasteiger partial charge in [0.15, 0.2) is 0 Å². The van der Waals surface area contributed by atoms with Gasteiger partial charge in [0.2, 0.25) is 0 Å². The summed E-state index contributed by atoms with van der Waals surface area (Å²) >= 11 is 0. The molecule has 1 aromatic carbocycles. The van der Waals surface area contributed by atoms with Gasteiger partial charge in [0.25, 0.3) is 0 Å². The first-order chi connectivity index (χ1) is 13.0. The van der Waals surface area contributed by atoms with Crippen LogP contribution >= 0.6 is 0 Å². The summed E-state index contributed by atoms with van der Waals surface area (Å²) in [5, 5.41) is 15.0. The van der Waals surface area contributed by atoms with E-state index in [0.717, 1.165) is 43.2 Å². The van der Waals surface area contributed by atoms with Gasteiger partial charge in [-0.15, -0.1) is 0 Å². The fourth-order valence-electron chi connectivity index (χ4n) is 3.76. The third kappa shape index (κ3) is 5.43. The number of hydrogen-bond acceptors (Lipinski definition) is 5. The lowest BCUT2D eigenvalue weighted by Crippen LogP contribution is -2.44. The largest absolute Gasteiger partial charge is 0.398 e. The highest BCUT2D eigenvalue weighted by atomic mass is 16.5. The van der Waals surface area contributed by atoms with Crippen molar-refractivity contribution in [2.24, 2.45) is 0 Å². The Morgan fingerprint density at radius 1 is 1.15 bits per heavy atom. The van der Waals surface area contributed by atoms with Crippen LogP contribution in [-0.4, -0.2) is 42.2 Å². The summed E-state index contributed by atoms with van der Waals surface area (Å²) in [4.78, 5) is 23.8. The van der Waals surface area contributed by atoms with Crippen molar-refractivity contribution in [2.75, 3.05) is 18.9 Å². The summed E-state index contributed by atoms with van der Waals surface area (Å²) in [6.45, 7) is 0.699. The summed E-state index contributed by atoms with van der Waals surface area (Å²) in [5.74, 6) is -1.13. The molecule has 148 valence electrons. The summed E-state index contributed by atoms with van der Waals surface area (Å²) in [7, 11) is 0. The Labute approximate surface area is 159 Å². The average molecular weight is 375 g/mol. The fraction of sp³-hybridized carbons (Fsp3) is 0.600. The van der Waals surface area contributed by atoms with E-state index < -0.39 is 17.9 Å². The number of rotatable bonds is 5. The molecule has 1 aliphatic heterocycles. The number of amides is 2. The van der Waals surface area contributed by atoms with Crippen LogP contribution in [0.4, 0.5) is 5.69 Å². The molecule has 2 atom stereocenters. The van der Waals surface area contributed by atoms with Crippen LogP contribution in [0, 0.1) is 0 Å². The lowest BCUT2D eigenvalue weighted by atomic mass is 9.96. The number of nitrogens with two attached hydrogens (primary N) is 1. The van der Waals surface area contributed by atoms with E-state index in [1.165, 1.54) is 0 Å². The first-order valence-electron chi connectivity index (χ1n) is 9.79. The van der Waals surface area contributed by atoms with Crippen molar-refractivity contribution in [1.29, 1.82) is 0 Å². The predicted octanol–water partition coefficient (Wildman–Crippen LogP) is 1.20. The van der Waals surface area contributed by atoms with E-state index in [-0.39, 0.29) is 12.1 Å². The number of carbonyl (C=O) groups excluding carboxylic acids is 2. The van der Waals surface area contributed by atoms with E-state index in [0.29, 0.717) is 31.7 Å². The Morgan fingerprint density at radius 2 is 1.93 bits per heavy atom. The summed E-state index contributed by atoms with van der Waals surface area (Å²) in [5.41, 5.74) is 8.69. The van der Waals surface area contributed by atoms with Crippen molar-refractivity contribution in [2.45, 2.75) is 63.2 Å². The molecule has 0 radical (unpaired) electrons. The molecule has 0 bridgehead atoms. The molecule has 7 heteroatoms. The zero-order valence-corrected chi connectivity index (χ0v) is 15.6. The average Bonchev–Trinajstić information content (AvgIpc) is 3.17. The Bertz CT molecular complexity index is 665. The number of nitrogen functional groups attached to an aromatic ring is 1. The van der Waals surface area contributed by atoms with Gasteiger partial charge in [-0.05, 0) is 43.7 Å². The van der Waals surface area contributed by atoms with E-state index >= 15 is 0 Å². The summed E-state index contributed by atoms with van der Waals surface area (Å²) < 4.78 is 5.70. The minimum absolute atomic E-state index is 0.111. The SMILES string of the molecule is Nc1ccc(CCNC(=O)C(=O)NC2CCCC2)cc1[C@H]1CC[C@H](O)CO1. The molecule has 0 aromatic heterocycles. The first-order valence-corrected chi connectivity index (χ1v) is 9.79. The van der Waals surface area contributed by atoms with Gasteiger partial charge in [-0.1, -0.05) is 25.0 Å². The molecular weight excluding hydrogens is 346 g/mol. The number of benzene rings is 1. The van der Waals surface area contributed by atoms with Crippen molar-refractivity contribution < 1.29 is 19.4 Å². The van der Waals surface area contributed by atoms with Gasteiger partial charge >= 0.3 is 11.8 Å². The maximum atomic E-state index is 11.9. The van der Waals surface area contributed by atoms with Gasteiger partial charge in [0.1, 0.15) is 0 Å². The van der Waals surface area contributed by atoms with Gasteiger partial charge in [0, 0.05) is 23.8 Å². The molecule has 2 amide bonds. The number of anilines is 1. The molecular formula is C20H29N3O4. The molecule has 3 rings (SSSR count). The second kappa shape index (κ2) is 9.19. The lowest BCUT2D eigenvalue weighted by Gasteiger charge is -2.27. The van der Waals surface area contributed by atoms with E-state index in [1.54, 1.807) is 0 Å². The van der Waals surface area contributed by atoms with Crippen LogP contribution in [0.2, 0.25) is 0 Å². The number of aliphatic hydroxyl groups is 1. The highest BCUT2D eigenvalue weighted by molar-refractivity contribution is 6.35. The molecule has 1 saturated heterocycles. The molecule has 5 N–H and O–H groups in total. The zero-order chi connectivity index (χ0) is 19.2. The molecule has 1 heterocycles. The highest BCUT2D eigenvalue weighted by Gasteiger charge is 2.23. The number of hydrogen-bond donors (Lipinski definition) is 4. The van der Waals surface area contributed by atoms with Gasteiger partial charge < -0.3 is 26.2 Å². The van der Waals surface area contributed by atoms with Crippen molar-refractivity contribution in [3.05, 3.63) is 29.3 Å². The minimum atomic E-state index is -0.581. The lowest BCUT2D eigenvalue weighted by molar-refractivity contribution is -0.139. The van der Waals surface area contributed by atoms with Crippen molar-refractivity contribution in [3.8, 4) is 0 Å². The quantitative estimate of drug-likeness (QED) is 0.456. The standard InChI is InChI=1S/C20H29N3O4/c21-17-7-5-13(11-16(17)18-8-6-15(24)12-27-18)9-10-22-19(25)20(26)23-14-3-1-2-4-14/h5,7,11,14-15,18,24H,1-4,6,8-10,12,21H2,(H,22,25)(H,23,26)/t15-,18+/m0/s1. The maximum absolute atomic E-state index is 11.9. The second-order valence-corrected chi connectivity index (χ2v) is 7.48. The van der Waals surface area contributed by atoms with Crippen LogP contribution in [0.15, 0.2) is 18.2 Å². The van der Waals surface area contributed by atoms with E-state index in [1.807, 2.05) is 18.2 Å². The molecule has 7 nitrogen and oxygen atoms in total. The molecule has 0 spiro atoms. The zero-order valence-electron chi connectivity index (χ0n) is 15.6.